The maximum atomic E-state index is 13.0. The summed E-state index contributed by atoms with van der Waals surface area (Å²) in [6.07, 6.45) is 55.5. The normalized spacial score (nSPS) is 19.6. The van der Waals surface area contributed by atoms with E-state index in [0.717, 1.165) is 116 Å². The van der Waals surface area contributed by atoms with Gasteiger partial charge in [-0.25, -0.2) is 0 Å². The number of aliphatic hydroxyl groups is 5. The first-order valence-electron chi connectivity index (χ1n) is 29.2. The van der Waals surface area contributed by atoms with Gasteiger partial charge < -0.3 is 45.1 Å². The number of carbonyl (C=O) groups excluding carboxylic acids is 2. The largest absolute Gasteiger partial charge is 0.466 e. The number of esters is 1. The van der Waals surface area contributed by atoms with E-state index in [-0.39, 0.29) is 18.5 Å². The van der Waals surface area contributed by atoms with Crippen molar-refractivity contribution in [2.24, 2.45) is 0 Å². The van der Waals surface area contributed by atoms with Crippen molar-refractivity contribution in [2.75, 3.05) is 19.8 Å². The van der Waals surface area contributed by atoms with E-state index in [4.69, 9.17) is 14.2 Å². The first kappa shape index (κ1) is 67.1. The molecule has 1 rings (SSSR count). The van der Waals surface area contributed by atoms with Crippen molar-refractivity contribution in [1.82, 2.24) is 5.32 Å². The van der Waals surface area contributed by atoms with Gasteiger partial charge in [0.15, 0.2) is 6.29 Å². The maximum Gasteiger partial charge on any atom is 0.305 e. The molecule has 11 nitrogen and oxygen atoms in total. The van der Waals surface area contributed by atoms with Crippen molar-refractivity contribution in [1.29, 1.82) is 0 Å². The third-order valence-corrected chi connectivity index (χ3v) is 13.3. The van der Waals surface area contributed by atoms with Crippen LogP contribution in [0, 0.1) is 0 Å². The molecule has 0 aromatic heterocycles. The number of hydrogen-bond acceptors (Lipinski definition) is 10. The summed E-state index contributed by atoms with van der Waals surface area (Å²) < 4.78 is 16.7. The number of hydrogen-bond donors (Lipinski definition) is 6. The Morgan fingerprint density at radius 3 is 1.58 bits per heavy atom. The fourth-order valence-electron chi connectivity index (χ4n) is 8.57. The summed E-state index contributed by atoms with van der Waals surface area (Å²) in [4.78, 5) is 25.1. The highest BCUT2D eigenvalue weighted by molar-refractivity contribution is 5.76. The molecule has 1 heterocycles. The Labute approximate surface area is 439 Å². The zero-order valence-electron chi connectivity index (χ0n) is 45.6. The van der Waals surface area contributed by atoms with E-state index in [1.54, 1.807) is 6.08 Å². The lowest BCUT2D eigenvalue weighted by Gasteiger charge is -2.40. The zero-order valence-corrected chi connectivity index (χ0v) is 45.6. The minimum Gasteiger partial charge on any atom is -0.466 e. The van der Waals surface area contributed by atoms with Crippen LogP contribution >= 0.6 is 0 Å². The average Bonchev–Trinajstić information content (AvgIpc) is 3.38. The number of allylic oxidation sites excluding steroid dienone is 11. The van der Waals surface area contributed by atoms with Crippen LogP contribution in [0.1, 0.15) is 239 Å². The molecular weight excluding hydrogens is 907 g/mol. The first-order chi connectivity index (χ1) is 35.2. The third-order valence-electron chi connectivity index (χ3n) is 13.3. The van der Waals surface area contributed by atoms with Gasteiger partial charge >= 0.3 is 5.97 Å². The van der Waals surface area contributed by atoms with E-state index in [9.17, 15) is 35.1 Å². The van der Waals surface area contributed by atoms with Gasteiger partial charge in [0, 0.05) is 12.8 Å². The fourth-order valence-corrected chi connectivity index (χ4v) is 8.57. The van der Waals surface area contributed by atoms with Crippen LogP contribution in [-0.4, -0.2) is 100 Å². The van der Waals surface area contributed by atoms with E-state index < -0.39 is 49.5 Å². The molecule has 1 aliphatic rings. The maximum absolute atomic E-state index is 13.0. The van der Waals surface area contributed by atoms with Crippen LogP contribution in [0.3, 0.4) is 0 Å². The predicted molar refractivity (Wildman–Crippen MR) is 296 cm³/mol. The fraction of sp³-hybridized carbons (Fsp3) is 0.770. The molecule has 7 atom stereocenters. The molecular formula is C61H107NO10. The van der Waals surface area contributed by atoms with Gasteiger partial charge in [0.05, 0.1) is 32.0 Å². The second-order valence-electron chi connectivity index (χ2n) is 20.0. The number of unbranched alkanes of at least 4 members (excludes halogenated alkanes) is 26. The smallest absolute Gasteiger partial charge is 0.305 e. The lowest BCUT2D eigenvalue weighted by molar-refractivity contribution is -0.302. The summed E-state index contributed by atoms with van der Waals surface area (Å²) in [5, 5.41) is 54.4. The molecule has 11 heteroatoms. The average molecular weight is 1010 g/mol. The van der Waals surface area contributed by atoms with Crippen molar-refractivity contribution < 1.29 is 49.3 Å². The molecule has 0 aromatic carbocycles. The number of ether oxygens (including phenoxy) is 3. The van der Waals surface area contributed by atoms with Crippen LogP contribution in [0.15, 0.2) is 72.9 Å². The minimum atomic E-state index is -1.59. The highest BCUT2D eigenvalue weighted by Crippen LogP contribution is 2.23. The second-order valence-corrected chi connectivity index (χ2v) is 20.0. The van der Waals surface area contributed by atoms with Gasteiger partial charge in [-0.1, -0.05) is 196 Å². The molecule has 6 N–H and O–H groups in total. The standard InChI is InChI=1S/C61H107NO10/c1-3-5-7-9-11-13-15-17-20-23-27-31-35-39-43-47-54(64)53(52-71-61-60(69)59(68)58(67)55(51-63)72-61)62-56(65)48-44-40-36-32-28-24-21-19-22-26-30-34-38-42-46-50-70-57(66)49-45-41-37-33-29-25-18-16-14-12-10-8-6-4-2/h10,12,16,18-19,22,26-27,30-31,43,47,53-55,58-61,63-64,67-69H,3-9,11,13-15,17,20-21,23-25,28-29,32-42,44-46,48-52H2,1-2H3,(H,62,65)/b12-10-,18-16-,22-19-,30-26-,31-27+,47-43+. The summed E-state index contributed by atoms with van der Waals surface area (Å²) in [5.74, 6) is -0.274. The van der Waals surface area contributed by atoms with Crippen molar-refractivity contribution in [2.45, 2.75) is 281 Å². The Morgan fingerprint density at radius 2 is 1.00 bits per heavy atom. The molecule has 0 bridgehead atoms. The lowest BCUT2D eigenvalue weighted by Crippen LogP contribution is -2.60. The van der Waals surface area contributed by atoms with Crippen LogP contribution < -0.4 is 5.32 Å². The highest BCUT2D eigenvalue weighted by Gasteiger charge is 2.44. The van der Waals surface area contributed by atoms with Gasteiger partial charge in [0.2, 0.25) is 5.91 Å². The van der Waals surface area contributed by atoms with Crippen molar-refractivity contribution >= 4 is 11.9 Å². The molecule has 0 saturated carbocycles. The number of nitrogens with one attached hydrogen (secondary N) is 1. The molecule has 1 saturated heterocycles. The number of aliphatic hydroxyl groups excluding tert-OH is 5. The van der Waals surface area contributed by atoms with Crippen LogP contribution in [0.2, 0.25) is 0 Å². The number of carbonyl (C=O) groups is 2. The molecule has 1 amide bonds. The Morgan fingerprint density at radius 1 is 0.528 bits per heavy atom. The second kappa shape index (κ2) is 50.3. The molecule has 7 unspecified atom stereocenters. The summed E-state index contributed by atoms with van der Waals surface area (Å²) in [7, 11) is 0. The van der Waals surface area contributed by atoms with Gasteiger partial charge in [-0.15, -0.1) is 0 Å². The molecule has 0 radical (unpaired) electrons. The van der Waals surface area contributed by atoms with E-state index >= 15 is 0 Å². The van der Waals surface area contributed by atoms with Gasteiger partial charge in [-0.2, -0.15) is 0 Å². The van der Waals surface area contributed by atoms with E-state index in [2.05, 4.69) is 79.9 Å². The van der Waals surface area contributed by atoms with Crippen LogP contribution in [0.4, 0.5) is 0 Å². The van der Waals surface area contributed by atoms with Crippen molar-refractivity contribution in [3.63, 3.8) is 0 Å². The SMILES string of the molecule is CCCC/C=C\C/C=C\CCCCCCCC(=O)OCCCCC/C=C\C=C/CCCCCCCCC(=O)NC(COC1OC(CO)C(O)C(O)C1O)C(O)/C=C/CC/C=C/CCCCCCCCCCC. The van der Waals surface area contributed by atoms with Gasteiger partial charge in [-0.05, 0) is 103 Å². The van der Waals surface area contributed by atoms with Crippen LogP contribution in [-0.2, 0) is 23.8 Å². The van der Waals surface area contributed by atoms with Crippen LogP contribution in [0.25, 0.3) is 0 Å². The zero-order chi connectivity index (χ0) is 52.4. The van der Waals surface area contributed by atoms with Gasteiger partial charge in [0.1, 0.15) is 24.4 Å². The monoisotopic (exact) mass is 1010 g/mol. The Balaban J connectivity index is 2.20. The molecule has 0 aliphatic carbocycles. The Kier molecular flexibility index (Phi) is 46.9. The third kappa shape index (κ3) is 39.5. The molecule has 416 valence electrons. The Hall–Kier alpha value is -2.90. The molecule has 0 spiro atoms. The van der Waals surface area contributed by atoms with Crippen molar-refractivity contribution in [3.8, 4) is 0 Å². The van der Waals surface area contributed by atoms with E-state index in [0.29, 0.717) is 19.4 Å². The number of amides is 1. The minimum absolute atomic E-state index is 0.0574. The summed E-state index contributed by atoms with van der Waals surface area (Å²) >= 11 is 0. The van der Waals surface area contributed by atoms with E-state index in [1.165, 1.54) is 96.3 Å². The number of rotatable bonds is 49. The van der Waals surface area contributed by atoms with Crippen LogP contribution in [0.5, 0.6) is 0 Å². The van der Waals surface area contributed by atoms with Crippen molar-refractivity contribution in [3.05, 3.63) is 72.9 Å². The molecule has 0 aromatic rings. The topological polar surface area (TPSA) is 175 Å². The Bertz CT molecular complexity index is 1430. The molecule has 72 heavy (non-hydrogen) atoms. The quantitative estimate of drug-likeness (QED) is 0.0149. The summed E-state index contributed by atoms with van der Waals surface area (Å²) in [6, 6.07) is -0.847. The lowest BCUT2D eigenvalue weighted by atomic mass is 9.99. The molecule has 1 fully saturated rings. The highest BCUT2D eigenvalue weighted by atomic mass is 16.7. The predicted octanol–water partition coefficient (Wildman–Crippen LogP) is 13.2. The van der Waals surface area contributed by atoms with Gasteiger partial charge in [-0.3, -0.25) is 9.59 Å². The molecule has 1 aliphatic heterocycles. The van der Waals surface area contributed by atoms with E-state index in [1.807, 2.05) is 6.08 Å². The summed E-state index contributed by atoms with van der Waals surface area (Å²) in [5.41, 5.74) is 0. The summed E-state index contributed by atoms with van der Waals surface area (Å²) in [6.45, 7) is 4.19. The first-order valence-corrected chi connectivity index (χ1v) is 29.2. The van der Waals surface area contributed by atoms with Gasteiger partial charge in [0.25, 0.3) is 0 Å².